The molecule has 2 saturated heterocycles. The molecule has 0 aliphatic carbocycles. The molecule has 6 heterocycles. The van der Waals surface area contributed by atoms with Gasteiger partial charge in [0, 0.05) is 68.7 Å². The first-order valence-corrected chi connectivity index (χ1v) is 18.7. The van der Waals surface area contributed by atoms with Gasteiger partial charge in [-0.15, -0.1) is 10.2 Å². The first kappa shape index (κ1) is 36.8. The summed E-state index contributed by atoms with van der Waals surface area (Å²) in [5, 5.41) is 19.6. The summed E-state index contributed by atoms with van der Waals surface area (Å²) in [6, 6.07) is 15.5. The van der Waals surface area contributed by atoms with Crippen molar-refractivity contribution < 1.29 is 33.2 Å². The molecule has 3 aromatic heterocycles. The molecule has 1 unspecified atom stereocenters. The average Bonchev–Trinajstić information content (AvgIpc) is 3.99. The summed E-state index contributed by atoms with van der Waals surface area (Å²) in [5.74, 6) is -1.37. The molecule has 2 aromatic carbocycles. The summed E-state index contributed by atoms with van der Waals surface area (Å²) >= 11 is 0. The molecule has 2 fully saturated rings. The number of piperazine rings is 1. The van der Waals surface area contributed by atoms with E-state index in [1.54, 1.807) is 35.3 Å². The van der Waals surface area contributed by atoms with Crippen LogP contribution < -0.4 is 26.2 Å². The maximum atomic E-state index is 13.3. The van der Waals surface area contributed by atoms with Crippen LogP contribution in [-0.2, 0) is 25.7 Å². The Morgan fingerprint density at radius 1 is 0.912 bits per heavy atom. The highest BCUT2D eigenvalue weighted by Gasteiger charge is 2.45. The summed E-state index contributed by atoms with van der Waals surface area (Å²) < 4.78 is 7.21. The van der Waals surface area contributed by atoms with Crippen molar-refractivity contribution in [2.45, 2.75) is 38.3 Å². The van der Waals surface area contributed by atoms with Crippen molar-refractivity contribution in [2.75, 3.05) is 54.8 Å². The molecule has 292 valence electrons. The van der Waals surface area contributed by atoms with Gasteiger partial charge in [0.05, 0.1) is 30.5 Å². The molecule has 5 aromatic rings. The van der Waals surface area contributed by atoms with E-state index in [-0.39, 0.29) is 61.0 Å². The number of amides is 6. The second-order valence-corrected chi connectivity index (χ2v) is 13.9. The van der Waals surface area contributed by atoms with Crippen LogP contribution in [0.5, 0.6) is 0 Å². The van der Waals surface area contributed by atoms with E-state index in [0.29, 0.717) is 50.7 Å². The van der Waals surface area contributed by atoms with E-state index in [0.717, 1.165) is 27.5 Å². The highest BCUT2D eigenvalue weighted by Crippen LogP contribution is 2.32. The Kier molecular flexibility index (Phi) is 10.3. The molecule has 1 atom stereocenters. The number of imide groups is 2. The van der Waals surface area contributed by atoms with Crippen molar-refractivity contribution in [3.63, 3.8) is 0 Å². The van der Waals surface area contributed by atoms with Crippen molar-refractivity contribution in [3.05, 3.63) is 90.3 Å². The van der Waals surface area contributed by atoms with Gasteiger partial charge in [-0.2, -0.15) is 0 Å². The molecule has 8 rings (SSSR count). The van der Waals surface area contributed by atoms with Crippen LogP contribution in [0.15, 0.2) is 77.8 Å². The Morgan fingerprint density at radius 2 is 1.74 bits per heavy atom. The number of aromatic nitrogens is 4. The Morgan fingerprint density at radius 3 is 2.51 bits per heavy atom. The average molecular weight is 774 g/mol. The van der Waals surface area contributed by atoms with E-state index < -0.39 is 29.7 Å². The van der Waals surface area contributed by atoms with Crippen molar-refractivity contribution in [3.8, 4) is 11.1 Å². The predicted molar refractivity (Wildman–Crippen MR) is 205 cm³/mol. The van der Waals surface area contributed by atoms with Crippen molar-refractivity contribution in [1.82, 2.24) is 40.0 Å². The van der Waals surface area contributed by atoms with E-state index in [1.807, 2.05) is 29.2 Å². The lowest BCUT2D eigenvalue weighted by atomic mass is 10.0. The lowest BCUT2D eigenvalue weighted by molar-refractivity contribution is -0.136. The zero-order chi connectivity index (χ0) is 39.5. The standard InChI is InChI=1S/C39H39N11O7/c51-31-13-12-30(36(54)45-31)50-37(55)27-5-1-6-29(34(27)38(50)56)41-22-32(52)40-14-2-7-33(53)48-17-15-47(16-18-48)25-10-8-24(9-11-25)28-21-43-39(49-23-44-46-35(28)49)42-20-26-4-3-19-57-26/h1,3-6,8-11,19,21,23,30,41H,2,7,12-18,20,22H2,(H,40,52)(H,42,43)(H,45,51,54). The van der Waals surface area contributed by atoms with Crippen LogP contribution in [0.1, 0.15) is 52.2 Å². The van der Waals surface area contributed by atoms with E-state index in [9.17, 15) is 28.8 Å². The fraction of sp³-hybridized carbons (Fsp3) is 0.308. The van der Waals surface area contributed by atoms with E-state index >= 15 is 0 Å². The lowest BCUT2D eigenvalue weighted by Gasteiger charge is -2.36. The number of benzene rings is 2. The third-order valence-electron chi connectivity index (χ3n) is 10.3. The number of nitrogens with one attached hydrogen (secondary N) is 4. The summed E-state index contributed by atoms with van der Waals surface area (Å²) in [6.07, 6.45) is 5.83. The first-order valence-electron chi connectivity index (χ1n) is 18.7. The summed E-state index contributed by atoms with van der Waals surface area (Å²) in [6.45, 7) is 3.11. The SMILES string of the molecule is O=C(CNc1cccc2c1C(=O)N(C1CCC(=O)NC1=O)C2=O)NCCCC(=O)N1CCN(c2ccc(-c3cnc(NCc4ccco4)n4cnnc34)cc2)CC1. The summed E-state index contributed by atoms with van der Waals surface area (Å²) in [5.41, 5.74) is 4.00. The lowest BCUT2D eigenvalue weighted by Crippen LogP contribution is -2.54. The molecule has 0 radical (unpaired) electrons. The second kappa shape index (κ2) is 15.9. The van der Waals surface area contributed by atoms with E-state index in [2.05, 4.69) is 53.5 Å². The van der Waals surface area contributed by atoms with Crippen LogP contribution in [0.2, 0.25) is 0 Å². The molecule has 57 heavy (non-hydrogen) atoms. The van der Waals surface area contributed by atoms with Crippen LogP contribution in [-0.4, -0.2) is 110 Å². The minimum absolute atomic E-state index is 0.0194. The zero-order valence-electron chi connectivity index (χ0n) is 30.8. The number of hydrogen-bond acceptors (Lipinski definition) is 13. The Balaban J connectivity index is 0.767. The third-order valence-corrected chi connectivity index (χ3v) is 10.3. The summed E-state index contributed by atoms with van der Waals surface area (Å²) in [4.78, 5) is 85.5. The predicted octanol–water partition coefficient (Wildman–Crippen LogP) is 2.05. The molecule has 0 spiro atoms. The van der Waals surface area contributed by atoms with Crippen LogP contribution in [0.25, 0.3) is 16.8 Å². The van der Waals surface area contributed by atoms with E-state index in [4.69, 9.17) is 4.42 Å². The molecule has 6 amide bonds. The number of furan rings is 1. The Hall–Kier alpha value is -7.11. The summed E-state index contributed by atoms with van der Waals surface area (Å²) in [7, 11) is 0. The van der Waals surface area contributed by atoms with Gasteiger partial charge in [0.1, 0.15) is 18.1 Å². The third kappa shape index (κ3) is 7.60. The van der Waals surface area contributed by atoms with Gasteiger partial charge in [-0.3, -0.25) is 43.4 Å². The first-order chi connectivity index (χ1) is 27.7. The molecule has 18 heteroatoms. The van der Waals surface area contributed by atoms with Gasteiger partial charge in [-0.1, -0.05) is 18.2 Å². The van der Waals surface area contributed by atoms with Gasteiger partial charge in [0.15, 0.2) is 5.65 Å². The highest BCUT2D eigenvalue weighted by molar-refractivity contribution is 6.25. The molecule has 3 aliphatic heterocycles. The molecule has 0 bridgehead atoms. The van der Waals surface area contributed by atoms with Gasteiger partial charge in [-0.05, 0) is 54.8 Å². The highest BCUT2D eigenvalue weighted by atomic mass is 16.3. The monoisotopic (exact) mass is 773 g/mol. The fourth-order valence-corrected chi connectivity index (χ4v) is 7.32. The normalized spacial score (nSPS) is 16.8. The molecule has 4 N–H and O–H groups in total. The number of nitrogens with zero attached hydrogens (tertiary/aromatic N) is 7. The molecular weight excluding hydrogens is 734 g/mol. The quantitative estimate of drug-likeness (QED) is 0.0997. The van der Waals surface area contributed by atoms with Gasteiger partial charge in [-0.25, -0.2) is 4.98 Å². The molecular formula is C39H39N11O7. The van der Waals surface area contributed by atoms with Gasteiger partial charge >= 0.3 is 0 Å². The van der Waals surface area contributed by atoms with Gasteiger partial charge < -0.3 is 30.2 Å². The number of fused-ring (bicyclic) bond motifs is 2. The van der Waals surface area contributed by atoms with Gasteiger partial charge in [0.25, 0.3) is 11.8 Å². The van der Waals surface area contributed by atoms with Crippen LogP contribution in [0.3, 0.4) is 0 Å². The minimum Gasteiger partial charge on any atom is -0.467 e. The zero-order valence-corrected chi connectivity index (χ0v) is 30.8. The molecule has 3 aliphatic rings. The van der Waals surface area contributed by atoms with E-state index in [1.165, 1.54) is 6.07 Å². The second-order valence-electron chi connectivity index (χ2n) is 13.9. The van der Waals surface area contributed by atoms with Crippen LogP contribution >= 0.6 is 0 Å². The molecule has 18 nitrogen and oxygen atoms in total. The van der Waals surface area contributed by atoms with Gasteiger partial charge in [0.2, 0.25) is 29.6 Å². The number of carbonyl (C=O) groups is 6. The number of piperidine rings is 1. The van der Waals surface area contributed by atoms with Crippen LogP contribution in [0.4, 0.5) is 17.3 Å². The number of hydrogen-bond donors (Lipinski definition) is 4. The van der Waals surface area contributed by atoms with Crippen LogP contribution in [0, 0.1) is 0 Å². The minimum atomic E-state index is -1.08. The van der Waals surface area contributed by atoms with Crippen molar-refractivity contribution >= 4 is 58.4 Å². The fourth-order valence-electron chi connectivity index (χ4n) is 7.32. The Labute approximate surface area is 325 Å². The van der Waals surface area contributed by atoms with Crippen molar-refractivity contribution in [2.24, 2.45) is 0 Å². The number of rotatable bonds is 13. The maximum absolute atomic E-state index is 13.3. The topological polar surface area (TPSA) is 216 Å². The number of carbonyl (C=O) groups excluding carboxylic acids is 6. The maximum Gasteiger partial charge on any atom is 0.264 e. The molecule has 0 saturated carbocycles. The Bertz CT molecular complexity index is 2350. The number of anilines is 3. The largest absolute Gasteiger partial charge is 0.467 e. The smallest absolute Gasteiger partial charge is 0.264 e. The van der Waals surface area contributed by atoms with Crippen molar-refractivity contribution in [1.29, 1.82) is 0 Å².